The first-order valence-electron chi connectivity index (χ1n) is 9.49. The van der Waals surface area contributed by atoms with E-state index in [4.69, 9.17) is 9.47 Å². The summed E-state index contributed by atoms with van der Waals surface area (Å²) in [6.45, 7) is 5.54. The van der Waals surface area contributed by atoms with Crippen LogP contribution < -0.4 is 20.1 Å². The molecule has 2 rings (SSSR count). The first-order chi connectivity index (χ1) is 13.3. The largest absolute Gasteiger partial charge is 0.493 e. The Morgan fingerprint density at radius 2 is 2.07 bits per heavy atom. The Morgan fingerprint density at radius 1 is 1.29 bits per heavy atom. The molecular weight excluding hydrogens is 373 g/mol. The molecule has 0 saturated carbocycles. The van der Waals surface area contributed by atoms with Gasteiger partial charge < -0.3 is 20.1 Å². The van der Waals surface area contributed by atoms with Crippen molar-refractivity contribution < 1.29 is 22.6 Å². The van der Waals surface area contributed by atoms with E-state index in [0.717, 1.165) is 12.1 Å². The van der Waals surface area contributed by atoms with Gasteiger partial charge in [0.1, 0.15) is 0 Å². The van der Waals surface area contributed by atoms with Gasteiger partial charge in [0.25, 0.3) is 0 Å². The highest BCUT2D eigenvalue weighted by atomic mass is 19.4. The number of halogens is 3. The van der Waals surface area contributed by atoms with Crippen LogP contribution in [0.3, 0.4) is 0 Å². The molecule has 0 bridgehead atoms. The van der Waals surface area contributed by atoms with Crippen LogP contribution in [-0.2, 0) is 0 Å². The van der Waals surface area contributed by atoms with Crippen molar-refractivity contribution in [3.8, 4) is 11.5 Å². The predicted octanol–water partition coefficient (Wildman–Crippen LogP) is 3.36. The number of alkyl halides is 3. The van der Waals surface area contributed by atoms with Crippen molar-refractivity contribution in [1.82, 2.24) is 10.2 Å². The molecule has 1 heterocycles. The van der Waals surface area contributed by atoms with Crippen LogP contribution in [0.25, 0.3) is 0 Å². The number of rotatable bonds is 8. The monoisotopic (exact) mass is 402 g/mol. The molecule has 0 radical (unpaired) electrons. The van der Waals surface area contributed by atoms with Gasteiger partial charge in [0, 0.05) is 31.4 Å². The van der Waals surface area contributed by atoms with Crippen molar-refractivity contribution in [3.63, 3.8) is 0 Å². The number of guanidine groups is 1. The van der Waals surface area contributed by atoms with Crippen molar-refractivity contribution in [3.05, 3.63) is 18.2 Å². The second kappa shape index (κ2) is 10.4. The lowest BCUT2D eigenvalue weighted by Gasteiger charge is -2.18. The highest BCUT2D eigenvalue weighted by Crippen LogP contribution is 2.30. The third kappa shape index (κ3) is 7.10. The molecule has 0 aliphatic carbocycles. The van der Waals surface area contributed by atoms with E-state index in [1.165, 1.54) is 4.90 Å². The van der Waals surface area contributed by atoms with Gasteiger partial charge in [-0.25, -0.2) is 0 Å². The Labute approximate surface area is 164 Å². The number of anilines is 1. The van der Waals surface area contributed by atoms with Gasteiger partial charge in [-0.3, -0.25) is 9.89 Å². The summed E-state index contributed by atoms with van der Waals surface area (Å²) in [7, 11) is 1.58. The van der Waals surface area contributed by atoms with Gasteiger partial charge >= 0.3 is 6.18 Å². The Hall–Kier alpha value is -2.16. The van der Waals surface area contributed by atoms with Crippen molar-refractivity contribution >= 4 is 11.6 Å². The number of nitrogens with one attached hydrogen (secondary N) is 2. The van der Waals surface area contributed by atoms with Crippen LogP contribution in [0.5, 0.6) is 11.5 Å². The first kappa shape index (κ1) is 22.1. The number of aliphatic imine (C=N–C) groups is 1. The lowest BCUT2D eigenvalue weighted by atomic mass is 10.1. The summed E-state index contributed by atoms with van der Waals surface area (Å²) in [5, 5.41) is 6.37. The van der Waals surface area contributed by atoms with Gasteiger partial charge in [-0.05, 0) is 44.9 Å². The van der Waals surface area contributed by atoms with Crippen molar-refractivity contribution in [1.29, 1.82) is 0 Å². The summed E-state index contributed by atoms with van der Waals surface area (Å²) in [6, 6.07) is 5.49. The molecule has 1 fully saturated rings. The fourth-order valence-corrected chi connectivity index (χ4v) is 3.15. The van der Waals surface area contributed by atoms with E-state index in [0.29, 0.717) is 50.2 Å². The van der Waals surface area contributed by atoms with E-state index in [1.54, 1.807) is 7.11 Å². The Bertz CT molecular complexity index is 653. The molecule has 2 N–H and O–H groups in total. The Balaban J connectivity index is 1.98. The highest BCUT2D eigenvalue weighted by Gasteiger charge is 2.34. The second-order valence-electron chi connectivity index (χ2n) is 6.65. The van der Waals surface area contributed by atoms with Crippen LogP contribution in [0.4, 0.5) is 18.9 Å². The van der Waals surface area contributed by atoms with E-state index in [1.807, 2.05) is 32.0 Å². The lowest BCUT2D eigenvalue weighted by Crippen LogP contribution is -2.33. The minimum atomic E-state index is -4.15. The predicted molar refractivity (Wildman–Crippen MR) is 104 cm³/mol. The molecule has 0 amide bonds. The van der Waals surface area contributed by atoms with E-state index in [-0.39, 0.29) is 5.92 Å². The zero-order valence-corrected chi connectivity index (χ0v) is 16.6. The number of benzene rings is 1. The fourth-order valence-electron chi connectivity index (χ4n) is 3.15. The molecule has 0 aromatic heterocycles. The molecule has 1 aliphatic rings. The Morgan fingerprint density at radius 3 is 2.71 bits per heavy atom. The first-order valence-corrected chi connectivity index (χ1v) is 9.49. The molecule has 1 aromatic rings. The summed E-state index contributed by atoms with van der Waals surface area (Å²) in [4.78, 5) is 6.00. The van der Waals surface area contributed by atoms with Crippen molar-refractivity contribution in [2.75, 3.05) is 51.8 Å². The summed E-state index contributed by atoms with van der Waals surface area (Å²) in [5.74, 6) is 1.98. The van der Waals surface area contributed by atoms with Gasteiger partial charge in [-0.2, -0.15) is 13.2 Å². The molecule has 1 unspecified atom stereocenters. The fraction of sp³-hybridized carbons (Fsp3) is 0.632. The molecular formula is C19H29F3N4O2. The van der Waals surface area contributed by atoms with Gasteiger partial charge in [0.05, 0.1) is 20.3 Å². The third-order valence-corrected chi connectivity index (χ3v) is 4.35. The molecule has 1 atom stereocenters. The van der Waals surface area contributed by atoms with E-state index < -0.39 is 12.7 Å². The molecule has 158 valence electrons. The summed E-state index contributed by atoms with van der Waals surface area (Å²) in [6.07, 6.45) is -3.43. The minimum Gasteiger partial charge on any atom is -0.493 e. The minimum absolute atomic E-state index is 0.118. The van der Waals surface area contributed by atoms with Gasteiger partial charge in [-0.1, -0.05) is 0 Å². The molecule has 9 heteroatoms. The quantitative estimate of drug-likeness (QED) is 0.516. The standard InChI is InChI=1S/C19H29F3N4O2/c1-4-23-18(24-11-14-8-9-26(12-14)13-19(20,21)22)25-15-6-7-16(27-3)17(10-15)28-5-2/h6-7,10,14H,4-5,8-9,11-13H2,1-3H3,(H2,23,24,25). The van der Waals surface area contributed by atoms with Crippen LogP contribution >= 0.6 is 0 Å². The normalized spacial score (nSPS) is 18.2. The van der Waals surface area contributed by atoms with Crippen LogP contribution in [-0.4, -0.2) is 63.5 Å². The number of nitrogens with zero attached hydrogens (tertiary/aromatic N) is 2. The summed E-state index contributed by atoms with van der Waals surface area (Å²) >= 11 is 0. The van der Waals surface area contributed by atoms with Crippen LogP contribution in [0.2, 0.25) is 0 Å². The van der Waals surface area contributed by atoms with Gasteiger partial charge in [0.15, 0.2) is 17.5 Å². The number of methoxy groups -OCH3 is 1. The molecule has 1 saturated heterocycles. The molecule has 6 nitrogen and oxygen atoms in total. The average molecular weight is 402 g/mol. The second-order valence-corrected chi connectivity index (χ2v) is 6.65. The van der Waals surface area contributed by atoms with E-state index in [2.05, 4.69) is 15.6 Å². The molecule has 1 aromatic carbocycles. The van der Waals surface area contributed by atoms with E-state index in [9.17, 15) is 13.2 Å². The third-order valence-electron chi connectivity index (χ3n) is 4.35. The van der Waals surface area contributed by atoms with Crippen molar-refractivity contribution in [2.45, 2.75) is 26.4 Å². The number of likely N-dealkylation sites (tertiary alicyclic amines) is 1. The Kier molecular flexibility index (Phi) is 8.22. The number of ether oxygens (including phenoxy) is 2. The summed E-state index contributed by atoms with van der Waals surface area (Å²) < 4.78 is 48.4. The highest BCUT2D eigenvalue weighted by molar-refractivity contribution is 5.93. The summed E-state index contributed by atoms with van der Waals surface area (Å²) in [5.41, 5.74) is 0.786. The zero-order valence-electron chi connectivity index (χ0n) is 16.6. The molecule has 1 aliphatic heterocycles. The van der Waals surface area contributed by atoms with Crippen molar-refractivity contribution in [2.24, 2.45) is 10.9 Å². The van der Waals surface area contributed by atoms with Gasteiger partial charge in [-0.15, -0.1) is 0 Å². The van der Waals surface area contributed by atoms with Crippen LogP contribution in [0.15, 0.2) is 23.2 Å². The maximum absolute atomic E-state index is 12.5. The average Bonchev–Trinajstić information content (AvgIpc) is 3.06. The molecule has 28 heavy (non-hydrogen) atoms. The maximum Gasteiger partial charge on any atom is 0.401 e. The van der Waals surface area contributed by atoms with Crippen LogP contribution in [0, 0.1) is 5.92 Å². The van der Waals surface area contributed by atoms with Crippen LogP contribution in [0.1, 0.15) is 20.3 Å². The lowest BCUT2D eigenvalue weighted by molar-refractivity contribution is -0.143. The molecule has 0 spiro atoms. The van der Waals surface area contributed by atoms with E-state index >= 15 is 0 Å². The SMILES string of the molecule is CCNC(=NCC1CCN(CC(F)(F)F)C1)Nc1ccc(OC)c(OCC)c1. The smallest absolute Gasteiger partial charge is 0.401 e. The maximum atomic E-state index is 12.5. The van der Waals surface area contributed by atoms with Gasteiger partial charge in [0.2, 0.25) is 0 Å². The number of hydrogen-bond donors (Lipinski definition) is 2. The zero-order chi connectivity index (χ0) is 20.6. The topological polar surface area (TPSA) is 58.1 Å². The number of hydrogen-bond acceptors (Lipinski definition) is 4.